The summed E-state index contributed by atoms with van der Waals surface area (Å²) in [6, 6.07) is 7.67. The Morgan fingerprint density at radius 2 is 2.12 bits per heavy atom. The number of rotatable bonds is 7. The molecule has 17 heavy (non-hydrogen) atoms. The molecule has 0 unspecified atom stereocenters. The number of carbonyl (C=O) groups is 1. The second-order valence-corrected chi connectivity index (χ2v) is 4.14. The van der Waals surface area contributed by atoms with E-state index in [-0.39, 0.29) is 12.5 Å². The number of hydrogen-bond donors (Lipinski definition) is 1. The number of para-hydroxylation sites is 1. The molecule has 1 aromatic carbocycles. The first-order valence-electron chi connectivity index (χ1n) is 5.27. The highest BCUT2D eigenvalue weighted by Crippen LogP contribution is 2.24. The number of ether oxygens (including phenoxy) is 2. The van der Waals surface area contributed by atoms with Crippen molar-refractivity contribution in [2.45, 2.75) is 4.90 Å². The molecule has 0 heterocycles. The summed E-state index contributed by atoms with van der Waals surface area (Å²) < 4.78 is 9.96. The van der Waals surface area contributed by atoms with Crippen molar-refractivity contribution >= 4 is 23.4 Å². The maximum absolute atomic E-state index is 11.6. The zero-order valence-electron chi connectivity index (χ0n) is 10.1. The summed E-state index contributed by atoms with van der Waals surface area (Å²) in [7, 11) is 1.60. The number of hydrogen-bond acceptors (Lipinski definition) is 4. The molecule has 1 rings (SSSR count). The molecular weight excluding hydrogens is 238 g/mol. The van der Waals surface area contributed by atoms with Gasteiger partial charge in [-0.05, 0) is 18.4 Å². The number of amides is 1. The van der Waals surface area contributed by atoms with Crippen LogP contribution in [-0.4, -0.2) is 39.1 Å². The van der Waals surface area contributed by atoms with Crippen LogP contribution in [0.15, 0.2) is 29.2 Å². The molecule has 1 aromatic rings. The average Bonchev–Trinajstić information content (AvgIpc) is 2.35. The molecule has 0 spiro atoms. The number of anilines is 1. The normalized spacial score (nSPS) is 10.2. The summed E-state index contributed by atoms with van der Waals surface area (Å²) in [6.07, 6.45) is 1.97. The highest BCUT2D eigenvalue weighted by molar-refractivity contribution is 7.98. The molecule has 0 saturated carbocycles. The maximum atomic E-state index is 11.6. The van der Waals surface area contributed by atoms with Crippen LogP contribution in [0.1, 0.15) is 0 Å². The quantitative estimate of drug-likeness (QED) is 0.598. The molecule has 0 aliphatic heterocycles. The van der Waals surface area contributed by atoms with Gasteiger partial charge in [-0.25, -0.2) is 0 Å². The summed E-state index contributed by atoms with van der Waals surface area (Å²) in [6.45, 7) is 0.967. The van der Waals surface area contributed by atoms with Gasteiger partial charge in [-0.1, -0.05) is 12.1 Å². The molecule has 1 N–H and O–H groups in total. The van der Waals surface area contributed by atoms with Crippen LogP contribution in [0.4, 0.5) is 5.69 Å². The van der Waals surface area contributed by atoms with E-state index < -0.39 is 0 Å². The van der Waals surface area contributed by atoms with Crippen molar-refractivity contribution in [3.8, 4) is 0 Å². The van der Waals surface area contributed by atoms with Crippen LogP contribution in [0.2, 0.25) is 0 Å². The molecule has 0 aliphatic rings. The zero-order valence-corrected chi connectivity index (χ0v) is 10.9. The monoisotopic (exact) mass is 255 g/mol. The highest BCUT2D eigenvalue weighted by Gasteiger charge is 2.05. The van der Waals surface area contributed by atoms with Gasteiger partial charge < -0.3 is 14.8 Å². The van der Waals surface area contributed by atoms with Crippen molar-refractivity contribution in [3.05, 3.63) is 24.3 Å². The van der Waals surface area contributed by atoms with E-state index >= 15 is 0 Å². The largest absolute Gasteiger partial charge is 0.382 e. The summed E-state index contributed by atoms with van der Waals surface area (Å²) in [5, 5.41) is 2.81. The molecular formula is C12H17NO3S. The fourth-order valence-electron chi connectivity index (χ4n) is 1.24. The topological polar surface area (TPSA) is 47.6 Å². The van der Waals surface area contributed by atoms with Gasteiger partial charge in [-0.3, -0.25) is 4.79 Å². The van der Waals surface area contributed by atoms with Crippen LogP contribution in [0.3, 0.4) is 0 Å². The van der Waals surface area contributed by atoms with E-state index in [9.17, 15) is 4.79 Å². The third-order valence-corrected chi connectivity index (χ3v) is 2.84. The first kappa shape index (κ1) is 14.0. The van der Waals surface area contributed by atoms with Crippen LogP contribution in [-0.2, 0) is 14.3 Å². The minimum absolute atomic E-state index is 0.0477. The van der Waals surface area contributed by atoms with Gasteiger partial charge in [0.05, 0.1) is 18.9 Å². The summed E-state index contributed by atoms with van der Waals surface area (Å²) in [5.41, 5.74) is 0.820. The number of nitrogens with one attached hydrogen (secondary N) is 1. The van der Waals surface area contributed by atoms with Crippen molar-refractivity contribution in [2.24, 2.45) is 0 Å². The SMILES string of the molecule is COCCOCC(=O)Nc1ccccc1SC. The van der Waals surface area contributed by atoms with Gasteiger partial charge in [0.2, 0.25) is 5.91 Å². The van der Waals surface area contributed by atoms with Crippen molar-refractivity contribution in [2.75, 3.05) is 38.5 Å². The van der Waals surface area contributed by atoms with Gasteiger partial charge in [0.15, 0.2) is 0 Å². The van der Waals surface area contributed by atoms with E-state index in [0.29, 0.717) is 13.2 Å². The standard InChI is InChI=1S/C12H17NO3S/c1-15-7-8-16-9-12(14)13-10-5-3-4-6-11(10)17-2/h3-6H,7-9H2,1-2H3,(H,13,14). The van der Waals surface area contributed by atoms with Crippen molar-refractivity contribution in [1.29, 1.82) is 0 Å². The van der Waals surface area contributed by atoms with Gasteiger partial charge in [0, 0.05) is 12.0 Å². The number of carbonyl (C=O) groups excluding carboxylic acids is 1. The van der Waals surface area contributed by atoms with E-state index in [1.165, 1.54) is 0 Å². The average molecular weight is 255 g/mol. The second-order valence-electron chi connectivity index (χ2n) is 3.29. The lowest BCUT2D eigenvalue weighted by Gasteiger charge is -2.09. The highest BCUT2D eigenvalue weighted by atomic mass is 32.2. The molecule has 0 aliphatic carbocycles. The molecule has 5 heteroatoms. The van der Waals surface area contributed by atoms with Crippen LogP contribution in [0.25, 0.3) is 0 Å². The number of methoxy groups -OCH3 is 1. The Kier molecular flexibility index (Phi) is 6.69. The number of benzene rings is 1. The Morgan fingerprint density at radius 1 is 1.35 bits per heavy atom. The van der Waals surface area contributed by atoms with E-state index in [2.05, 4.69) is 5.32 Å². The van der Waals surface area contributed by atoms with Crippen LogP contribution < -0.4 is 5.32 Å². The minimum Gasteiger partial charge on any atom is -0.382 e. The molecule has 94 valence electrons. The van der Waals surface area contributed by atoms with Crippen LogP contribution >= 0.6 is 11.8 Å². The Bertz CT molecular complexity index is 357. The zero-order chi connectivity index (χ0) is 12.5. The molecule has 1 amide bonds. The molecule has 0 radical (unpaired) electrons. The Morgan fingerprint density at radius 3 is 2.82 bits per heavy atom. The van der Waals surface area contributed by atoms with Gasteiger partial charge in [0.1, 0.15) is 6.61 Å². The van der Waals surface area contributed by atoms with E-state index in [1.807, 2.05) is 30.5 Å². The Labute approximate surface area is 106 Å². The summed E-state index contributed by atoms with van der Waals surface area (Å²) in [4.78, 5) is 12.6. The summed E-state index contributed by atoms with van der Waals surface area (Å²) in [5.74, 6) is -0.150. The molecule has 0 fully saturated rings. The van der Waals surface area contributed by atoms with Crippen molar-refractivity contribution in [3.63, 3.8) is 0 Å². The first-order valence-corrected chi connectivity index (χ1v) is 6.50. The fourth-order valence-corrected chi connectivity index (χ4v) is 1.79. The van der Waals surface area contributed by atoms with Crippen LogP contribution in [0, 0.1) is 0 Å². The first-order chi connectivity index (χ1) is 8.27. The lowest BCUT2D eigenvalue weighted by Crippen LogP contribution is -2.19. The van der Waals surface area contributed by atoms with Gasteiger partial charge in [-0.15, -0.1) is 11.8 Å². The molecule has 0 saturated heterocycles. The van der Waals surface area contributed by atoms with Crippen LogP contribution in [0.5, 0.6) is 0 Å². The van der Waals surface area contributed by atoms with Crippen molar-refractivity contribution in [1.82, 2.24) is 0 Å². The van der Waals surface area contributed by atoms with Gasteiger partial charge in [-0.2, -0.15) is 0 Å². The Hall–Kier alpha value is -1.04. The van der Waals surface area contributed by atoms with Crippen molar-refractivity contribution < 1.29 is 14.3 Å². The minimum atomic E-state index is -0.150. The molecule has 4 nitrogen and oxygen atoms in total. The van der Waals surface area contributed by atoms with Gasteiger partial charge >= 0.3 is 0 Å². The second kappa shape index (κ2) is 8.11. The van der Waals surface area contributed by atoms with E-state index in [0.717, 1.165) is 10.6 Å². The third-order valence-electron chi connectivity index (χ3n) is 2.05. The predicted octanol–water partition coefficient (Wildman–Crippen LogP) is 2.01. The predicted molar refractivity (Wildman–Crippen MR) is 69.5 cm³/mol. The third kappa shape index (κ3) is 5.21. The smallest absolute Gasteiger partial charge is 0.250 e. The Balaban J connectivity index is 2.39. The van der Waals surface area contributed by atoms with Gasteiger partial charge in [0.25, 0.3) is 0 Å². The maximum Gasteiger partial charge on any atom is 0.250 e. The van der Waals surface area contributed by atoms with E-state index in [1.54, 1.807) is 18.9 Å². The number of thioether (sulfide) groups is 1. The lowest BCUT2D eigenvalue weighted by molar-refractivity contribution is -0.121. The molecule has 0 bridgehead atoms. The molecule has 0 atom stereocenters. The van der Waals surface area contributed by atoms with E-state index in [4.69, 9.17) is 9.47 Å². The molecule has 0 aromatic heterocycles. The summed E-state index contributed by atoms with van der Waals surface area (Å²) >= 11 is 1.59. The lowest BCUT2D eigenvalue weighted by atomic mass is 10.3. The fraction of sp³-hybridized carbons (Fsp3) is 0.417.